The Hall–Kier alpha value is -3.29. The van der Waals surface area contributed by atoms with Crippen molar-refractivity contribution in [1.82, 2.24) is 19.9 Å². The third-order valence-electron chi connectivity index (χ3n) is 5.56. The van der Waals surface area contributed by atoms with Crippen molar-refractivity contribution in [3.05, 3.63) is 72.4 Å². The van der Waals surface area contributed by atoms with Gasteiger partial charge in [0, 0.05) is 43.0 Å². The summed E-state index contributed by atoms with van der Waals surface area (Å²) in [7, 11) is 0. The second kappa shape index (κ2) is 8.83. The maximum Gasteiger partial charge on any atom is 0.163 e. The van der Waals surface area contributed by atoms with E-state index < -0.39 is 0 Å². The van der Waals surface area contributed by atoms with Gasteiger partial charge in [0.15, 0.2) is 5.82 Å². The Balaban J connectivity index is 1.48. The minimum Gasteiger partial charge on any atom is -0.465 e. The van der Waals surface area contributed by atoms with Crippen molar-refractivity contribution in [2.24, 2.45) is 0 Å². The van der Waals surface area contributed by atoms with Gasteiger partial charge >= 0.3 is 0 Å². The van der Waals surface area contributed by atoms with Gasteiger partial charge in [0.25, 0.3) is 0 Å². The van der Waals surface area contributed by atoms with Gasteiger partial charge in [-0.25, -0.2) is 9.97 Å². The highest BCUT2D eigenvalue weighted by molar-refractivity contribution is 5.90. The number of benzene rings is 1. The molecule has 7 heteroatoms. The Morgan fingerprint density at radius 3 is 2.68 bits per heavy atom. The Kier molecular flexibility index (Phi) is 5.60. The number of hydrogen-bond donors (Lipinski definition) is 1. The number of anilines is 1. The molecule has 0 bridgehead atoms. The number of rotatable bonds is 6. The zero-order valence-electron chi connectivity index (χ0n) is 17.5. The average molecular weight is 415 g/mol. The van der Waals surface area contributed by atoms with Gasteiger partial charge in [-0.15, -0.1) is 0 Å². The SMILES string of the molecule is Cc1ccc(C(CNc2nc(-c3cccnc3)nc3ccccc23)N2CCOCC2)o1. The molecule has 0 amide bonds. The van der Waals surface area contributed by atoms with E-state index in [9.17, 15) is 0 Å². The lowest BCUT2D eigenvalue weighted by Crippen LogP contribution is -2.41. The van der Waals surface area contributed by atoms with Crippen molar-refractivity contribution in [2.75, 3.05) is 38.2 Å². The molecule has 1 aliphatic rings. The van der Waals surface area contributed by atoms with Crippen molar-refractivity contribution in [3.8, 4) is 11.4 Å². The van der Waals surface area contributed by atoms with E-state index in [4.69, 9.17) is 19.1 Å². The molecule has 0 saturated carbocycles. The van der Waals surface area contributed by atoms with Crippen LogP contribution in [0, 0.1) is 6.92 Å². The summed E-state index contributed by atoms with van der Waals surface area (Å²) in [5.41, 5.74) is 1.79. The van der Waals surface area contributed by atoms with E-state index in [-0.39, 0.29) is 6.04 Å². The zero-order valence-corrected chi connectivity index (χ0v) is 17.5. The molecule has 0 aliphatic carbocycles. The van der Waals surface area contributed by atoms with E-state index in [0.29, 0.717) is 12.4 Å². The van der Waals surface area contributed by atoms with Crippen molar-refractivity contribution in [3.63, 3.8) is 0 Å². The lowest BCUT2D eigenvalue weighted by atomic mass is 10.1. The molecule has 1 atom stereocenters. The highest BCUT2D eigenvalue weighted by Crippen LogP contribution is 2.28. The average Bonchev–Trinajstić information content (AvgIpc) is 3.26. The Morgan fingerprint density at radius 1 is 1.03 bits per heavy atom. The first-order valence-electron chi connectivity index (χ1n) is 10.6. The quantitative estimate of drug-likeness (QED) is 0.508. The summed E-state index contributed by atoms with van der Waals surface area (Å²) in [4.78, 5) is 16.2. The van der Waals surface area contributed by atoms with Crippen molar-refractivity contribution in [2.45, 2.75) is 13.0 Å². The lowest BCUT2D eigenvalue weighted by molar-refractivity contribution is 0.0143. The van der Waals surface area contributed by atoms with Gasteiger partial charge in [-0.3, -0.25) is 9.88 Å². The van der Waals surface area contributed by atoms with Crippen LogP contribution in [0.3, 0.4) is 0 Å². The minimum absolute atomic E-state index is 0.0909. The largest absolute Gasteiger partial charge is 0.465 e. The lowest BCUT2D eigenvalue weighted by Gasteiger charge is -2.33. The van der Waals surface area contributed by atoms with Crippen molar-refractivity contribution >= 4 is 16.7 Å². The summed E-state index contributed by atoms with van der Waals surface area (Å²) in [6.45, 7) is 5.86. The Morgan fingerprint density at radius 2 is 1.90 bits per heavy atom. The number of nitrogens with zero attached hydrogens (tertiary/aromatic N) is 4. The normalized spacial score (nSPS) is 15.8. The predicted molar refractivity (Wildman–Crippen MR) is 120 cm³/mol. The van der Waals surface area contributed by atoms with E-state index in [1.807, 2.05) is 49.4 Å². The molecule has 0 spiro atoms. The number of nitrogens with one attached hydrogen (secondary N) is 1. The van der Waals surface area contributed by atoms with Crippen molar-refractivity contribution in [1.29, 1.82) is 0 Å². The van der Waals surface area contributed by atoms with Gasteiger partial charge in [0.05, 0.1) is 24.8 Å². The second-order valence-electron chi connectivity index (χ2n) is 7.65. The van der Waals surface area contributed by atoms with E-state index in [1.54, 1.807) is 12.4 Å². The molecule has 1 fully saturated rings. The maximum absolute atomic E-state index is 6.00. The topological polar surface area (TPSA) is 76.3 Å². The first-order chi connectivity index (χ1) is 15.3. The fraction of sp³-hybridized carbons (Fsp3) is 0.292. The summed E-state index contributed by atoms with van der Waals surface area (Å²) in [6, 6.07) is 16.1. The smallest absolute Gasteiger partial charge is 0.163 e. The van der Waals surface area contributed by atoms with Gasteiger partial charge in [0.2, 0.25) is 0 Å². The van der Waals surface area contributed by atoms with Gasteiger partial charge < -0.3 is 14.5 Å². The number of furan rings is 1. The third-order valence-corrected chi connectivity index (χ3v) is 5.56. The molecule has 3 aromatic heterocycles. The summed E-state index contributed by atoms with van der Waals surface area (Å²) in [5, 5.41) is 4.58. The summed E-state index contributed by atoms with van der Waals surface area (Å²) in [5.74, 6) is 3.34. The van der Waals surface area contributed by atoms with Crippen LogP contribution < -0.4 is 5.32 Å². The number of para-hydroxylation sites is 1. The van der Waals surface area contributed by atoms with Gasteiger partial charge in [0.1, 0.15) is 17.3 Å². The summed E-state index contributed by atoms with van der Waals surface area (Å²) < 4.78 is 11.6. The van der Waals surface area contributed by atoms with E-state index in [0.717, 1.165) is 60.1 Å². The number of aromatic nitrogens is 3. The minimum atomic E-state index is 0.0909. The van der Waals surface area contributed by atoms with Crippen LogP contribution in [-0.4, -0.2) is 52.7 Å². The van der Waals surface area contributed by atoms with E-state index >= 15 is 0 Å². The molecule has 7 nitrogen and oxygen atoms in total. The van der Waals surface area contributed by atoms with E-state index in [1.165, 1.54) is 0 Å². The van der Waals surface area contributed by atoms with Crippen LogP contribution in [0.1, 0.15) is 17.6 Å². The molecule has 1 saturated heterocycles. The van der Waals surface area contributed by atoms with Gasteiger partial charge in [-0.05, 0) is 43.3 Å². The maximum atomic E-state index is 6.00. The van der Waals surface area contributed by atoms with Crippen LogP contribution in [0.15, 0.2) is 65.3 Å². The number of ether oxygens (including phenoxy) is 1. The van der Waals surface area contributed by atoms with Crippen LogP contribution in [0.25, 0.3) is 22.3 Å². The van der Waals surface area contributed by atoms with Crippen LogP contribution >= 0.6 is 0 Å². The zero-order chi connectivity index (χ0) is 21.0. The number of hydrogen-bond acceptors (Lipinski definition) is 7. The number of pyridine rings is 1. The highest BCUT2D eigenvalue weighted by Gasteiger charge is 2.25. The first-order valence-corrected chi connectivity index (χ1v) is 10.6. The molecular weight excluding hydrogens is 390 g/mol. The molecule has 4 heterocycles. The van der Waals surface area contributed by atoms with Crippen LogP contribution in [0.2, 0.25) is 0 Å². The first kappa shape index (κ1) is 19.7. The molecule has 158 valence electrons. The van der Waals surface area contributed by atoms with Gasteiger partial charge in [-0.2, -0.15) is 0 Å². The van der Waals surface area contributed by atoms with Crippen LogP contribution in [0.5, 0.6) is 0 Å². The monoisotopic (exact) mass is 415 g/mol. The van der Waals surface area contributed by atoms with Crippen molar-refractivity contribution < 1.29 is 9.15 Å². The molecular formula is C24H25N5O2. The molecule has 1 aromatic carbocycles. The van der Waals surface area contributed by atoms with Gasteiger partial charge in [-0.1, -0.05) is 12.1 Å². The molecule has 5 rings (SSSR count). The van der Waals surface area contributed by atoms with E-state index in [2.05, 4.69) is 21.3 Å². The number of morpholine rings is 1. The standard InChI is InChI=1S/C24H25N5O2/c1-17-8-9-22(31-17)21(29-11-13-30-14-12-29)16-26-24-19-6-2-3-7-20(19)27-23(28-24)18-5-4-10-25-15-18/h2-10,15,21H,11-14,16H2,1H3,(H,26,27,28). The summed E-state index contributed by atoms with van der Waals surface area (Å²) >= 11 is 0. The second-order valence-corrected chi connectivity index (χ2v) is 7.65. The molecule has 1 unspecified atom stereocenters. The molecule has 31 heavy (non-hydrogen) atoms. The predicted octanol–water partition coefficient (Wildman–Crippen LogP) is 4.08. The molecule has 0 radical (unpaired) electrons. The Labute approximate surface area is 181 Å². The number of fused-ring (bicyclic) bond motifs is 1. The fourth-order valence-electron chi connectivity index (χ4n) is 3.96. The molecule has 4 aromatic rings. The van der Waals surface area contributed by atoms with Crippen LogP contribution in [-0.2, 0) is 4.74 Å². The molecule has 1 N–H and O–H groups in total. The molecule has 1 aliphatic heterocycles. The third kappa shape index (κ3) is 4.28. The summed E-state index contributed by atoms with van der Waals surface area (Å²) in [6.07, 6.45) is 3.54. The number of aryl methyl sites for hydroxylation is 1. The Bertz CT molecular complexity index is 1160. The highest BCUT2D eigenvalue weighted by atomic mass is 16.5. The van der Waals surface area contributed by atoms with Crippen LogP contribution in [0.4, 0.5) is 5.82 Å². The fourth-order valence-corrected chi connectivity index (χ4v) is 3.96.